The van der Waals surface area contributed by atoms with Crippen LogP contribution in [-0.2, 0) is 14.1 Å². The molecule has 1 aliphatic heterocycles. The Hall–Kier alpha value is -1.63. The molecule has 1 atom stereocenters. The summed E-state index contributed by atoms with van der Waals surface area (Å²) in [5.41, 5.74) is -0.688. The molecule has 1 N–H and O–H groups in total. The SMILES string of the molecule is CNCCC1CCCCN1c1nn(C)c(=O)n(C)c1=O. The molecular weight excluding hydrogens is 258 g/mol. The van der Waals surface area contributed by atoms with E-state index in [1.54, 1.807) is 7.05 Å². The van der Waals surface area contributed by atoms with Crippen molar-refractivity contribution >= 4 is 5.82 Å². The average molecular weight is 281 g/mol. The molecule has 0 spiro atoms. The lowest BCUT2D eigenvalue weighted by atomic mass is 9.99. The van der Waals surface area contributed by atoms with Gasteiger partial charge in [-0.05, 0) is 39.3 Å². The zero-order valence-corrected chi connectivity index (χ0v) is 12.4. The van der Waals surface area contributed by atoms with Crippen LogP contribution in [0.15, 0.2) is 9.59 Å². The van der Waals surface area contributed by atoms with Gasteiger partial charge in [-0.25, -0.2) is 9.48 Å². The maximum atomic E-state index is 12.3. The maximum Gasteiger partial charge on any atom is 0.346 e. The van der Waals surface area contributed by atoms with Crippen LogP contribution < -0.4 is 21.5 Å². The van der Waals surface area contributed by atoms with E-state index in [9.17, 15) is 9.59 Å². The van der Waals surface area contributed by atoms with Crippen molar-refractivity contribution in [2.24, 2.45) is 14.1 Å². The fourth-order valence-corrected chi connectivity index (χ4v) is 2.75. The van der Waals surface area contributed by atoms with Crippen LogP contribution in [0, 0.1) is 0 Å². The molecule has 1 fully saturated rings. The molecule has 1 unspecified atom stereocenters. The normalized spacial score (nSPS) is 19.4. The Bertz CT molecular complexity index is 577. The van der Waals surface area contributed by atoms with Crippen LogP contribution in [0.5, 0.6) is 0 Å². The van der Waals surface area contributed by atoms with Crippen LogP contribution in [0.3, 0.4) is 0 Å². The van der Waals surface area contributed by atoms with Gasteiger partial charge in [0.15, 0.2) is 0 Å². The molecular formula is C13H23N5O2. The molecule has 2 rings (SSSR count). The zero-order chi connectivity index (χ0) is 14.7. The largest absolute Gasteiger partial charge is 0.348 e. The summed E-state index contributed by atoms with van der Waals surface area (Å²) in [7, 11) is 5.01. The monoisotopic (exact) mass is 281 g/mol. The van der Waals surface area contributed by atoms with Crippen molar-refractivity contribution in [3.63, 3.8) is 0 Å². The molecule has 0 radical (unpaired) electrons. The molecule has 0 aliphatic carbocycles. The summed E-state index contributed by atoms with van der Waals surface area (Å²) in [5, 5.41) is 7.34. The van der Waals surface area contributed by atoms with Crippen LogP contribution in [0.4, 0.5) is 5.82 Å². The van der Waals surface area contributed by atoms with Gasteiger partial charge in [-0.1, -0.05) is 0 Å². The smallest absolute Gasteiger partial charge is 0.346 e. The molecule has 1 aromatic rings. The van der Waals surface area contributed by atoms with Crippen molar-refractivity contribution < 1.29 is 0 Å². The third-order valence-corrected chi connectivity index (χ3v) is 3.93. The van der Waals surface area contributed by atoms with Gasteiger partial charge in [0.1, 0.15) is 0 Å². The zero-order valence-electron chi connectivity index (χ0n) is 12.4. The summed E-state index contributed by atoms with van der Waals surface area (Å²) in [6, 6.07) is 0.314. The summed E-state index contributed by atoms with van der Waals surface area (Å²) in [6.45, 7) is 1.74. The van der Waals surface area contributed by atoms with Crippen LogP contribution in [0.1, 0.15) is 25.7 Å². The Kier molecular flexibility index (Phi) is 4.59. The summed E-state index contributed by atoms with van der Waals surface area (Å²) in [4.78, 5) is 26.1. The van der Waals surface area contributed by atoms with Gasteiger partial charge in [0.25, 0.3) is 5.56 Å². The number of hydrogen-bond acceptors (Lipinski definition) is 5. The van der Waals surface area contributed by atoms with Gasteiger partial charge >= 0.3 is 5.69 Å². The van der Waals surface area contributed by atoms with Gasteiger partial charge in [-0.2, -0.15) is 0 Å². The van der Waals surface area contributed by atoms with E-state index < -0.39 is 0 Å². The van der Waals surface area contributed by atoms with E-state index in [-0.39, 0.29) is 11.2 Å². The number of nitrogens with one attached hydrogen (secondary N) is 1. The molecule has 0 aromatic carbocycles. The Morgan fingerprint density at radius 2 is 2.05 bits per heavy atom. The number of piperidine rings is 1. The lowest BCUT2D eigenvalue weighted by Gasteiger charge is -2.36. The topological polar surface area (TPSA) is 72.2 Å². The van der Waals surface area contributed by atoms with E-state index >= 15 is 0 Å². The minimum atomic E-state index is -0.387. The molecule has 0 amide bonds. The second-order valence-corrected chi connectivity index (χ2v) is 5.33. The molecule has 7 nitrogen and oxygen atoms in total. The standard InChI is InChI=1S/C13H23N5O2/c1-14-8-7-10-6-4-5-9-18(10)11-12(19)16(2)13(20)17(3)15-11/h10,14H,4-9H2,1-3H3. The van der Waals surface area contributed by atoms with Crippen molar-refractivity contribution in [1.82, 2.24) is 19.7 Å². The highest BCUT2D eigenvalue weighted by atomic mass is 16.2. The predicted octanol–water partition coefficient (Wildman–Crippen LogP) is -0.553. The first-order valence-electron chi connectivity index (χ1n) is 7.12. The summed E-state index contributed by atoms with van der Waals surface area (Å²) < 4.78 is 2.37. The van der Waals surface area contributed by atoms with E-state index in [2.05, 4.69) is 15.3 Å². The van der Waals surface area contributed by atoms with Gasteiger partial charge in [0.05, 0.1) is 0 Å². The first kappa shape index (κ1) is 14.8. The molecule has 0 saturated carbocycles. The van der Waals surface area contributed by atoms with Crippen molar-refractivity contribution in [2.75, 3.05) is 25.0 Å². The van der Waals surface area contributed by atoms with Gasteiger partial charge in [-0.15, -0.1) is 5.10 Å². The minimum absolute atomic E-state index is 0.301. The lowest BCUT2D eigenvalue weighted by molar-refractivity contribution is 0.422. The fourth-order valence-electron chi connectivity index (χ4n) is 2.75. The summed E-state index contributed by atoms with van der Waals surface area (Å²) in [6.07, 6.45) is 4.28. The molecule has 112 valence electrons. The van der Waals surface area contributed by atoms with Crippen molar-refractivity contribution in [3.8, 4) is 0 Å². The molecule has 7 heteroatoms. The summed E-state index contributed by atoms with van der Waals surface area (Å²) in [5.74, 6) is 0.399. The number of rotatable bonds is 4. The Labute approximate surface area is 118 Å². The molecule has 1 aliphatic rings. The van der Waals surface area contributed by atoms with Crippen molar-refractivity contribution in [2.45, 2.75) is 31.7 Å². The van der Waals surface area contributed by atoms with E-state index in [4.69, 9.17) is 0 Å². The number of nitrogens with zero attached hydrogens (tertiary/aromatic N) is 4. The van der Waals surface area contributed by atoms with Gasteiger partial charge in [0.2, 0.25) is 5.82 Å². The number of aryl methyl sites for hydroxylation is 1. The first-order chi connectivity index (χ1) is 9.56. The van der Waals surface area contributed by atoms with Crippen LogP contribution in [0.2, 0.25) is 0 Å². The number of anilines is 1. The molecule has 20 heavy (non-hydrogen) atoms. The highest BCUT2D eigenvalue weighted by Gasteiger charge is 2.26. The van der Waals surface area contributed by atoms with E-state index in [0.717, 1.165) is 36.9 Å². The third kappa shape index (κ3) is 2.77. The maximum absolute atomic E-state index is 12.3. The van der Waals surface area contributed by atoms with Gasteiger partial charge in [0, 0.05) is 26.7 Å². The lowest BCUT2D eigenvalue weighted by Crippen LogP contribution is -2.48. The van der Waals surface area contributed by atoms with Gasteiger partial charge < -0.3 is 10.2 Å². The van der Waals surface area contributed by atoms with E-state index in [0.29, 0.717) is 11.9 Å². The third-order valence-electron chi connectivity index (χ3n) is 3.93. The van der Waals surface area contributed by atoms with E-state index in [1.165, 1.54) is 18.2 Å². The highest BCUT2D eigenvalue weighted by Crippen LogP contribution is 2.22. The quantitative estimate of drug-likeness (QED) is 0.801. The minimum Gasteiger partial charge on any atom is -0.348 e. The van der Waals surface area contributed by atoms with Crippen LogP contribution in [0.25, 0.3) is 0 Å². The number of hydrogen-bond donors (Lipinski definition) is 1. The van der Waals surface area contributed by atoms with Gasteiger partial charge in [-0.3, -0.25) is 9.36 Å². The molecule has 0 bridgehead atoms. The van der Waals surface area contributed by atoms with E-state index in [1.807, 2.05) is 7.05 Å². The molecule has 1 aromatic heterocycles. The predicted molar refractivity (Wildman–Crippen MR) is 78.2 cm³/mol. The summed E-state index contributed by atoms with van der Waals surface area (Å²) >= 11 is 0. The highest BCUT2D eigenvalue weighted by molar-refractivity contribution is 5.37. The molecule has 2 heterocycles. The van der Waals surface area contributed by atoms with Crippen LogP contribution >= 0.6 is 0 Å². The van der Waals surface area contributed by atoms with Crippen molar-refractivity contribution in [1.29, 1.82) is 0 Å². The second kappa shape index (κ2) is 6.21. The Balaban J connectivity index is 2.37. The fraction of sp³-hybridized carbons (Fsp3) is 0.769. The molecule has 1 saturated heterocycles. The van der Waals surface area contributed by atoms with Crippen LogP contribution in [-0.4, -0.2) is 40.5 Å². The first-order valence-corrected chi connectivity index (χ1v) is 7.12. The van der Waals surface area contributed by atoms with Crippen molar-refractivity contribution in [3.05, 3.63) is 20.8 Å². The Morgan fingerprint density at radius 3 is 2.75 bits per heavy atom. The Morgan fingerprint density at radius 1 is 1.30 bits per heavy atom. The number of aromatic nitrogens is 3. The average Bonchev–Trinajstić information content (AvgIpc) is 2.47. The second-order valence-electron chi connectivity index (χ2n) is 5.33.